The smallest absolute Gasteiger partial charge is 0.332 e. The highest BCUT2D eigenvalue weighted by Gasteiger charge is 2.39. The molecule has 0 unspecified atom stereocenters. The van der Waals surface area contributed by atoms with E-state index in [1.807, 2.05) is 6.92 Å². The molecule has 3 N–H and O–H groups in total. The number of amides is 1. The van der Waals surface area contributed by atoms with Gasteiger partial charge in [0.25, 0.3) is 11.5 Å². The molecule has 1 fully saturated rings. The third-order valence-corrected chi connectivity index (χ3v) is 5.83. The Labute approximate surface area is 193 Å². The number of nitrogens with zero attached hydrogens (tertiary/aromatic N) is 5. The van der Waals surface area contributed by atoms with E-state index in [0.717, 1.165) is 4.57 Å². The van der Waals surface area contributed by atoms with Crippen LogP contribution >= 0.6 is 0 Å². The highest BCUT2D eigenvalue weighted by molar-refractivity contribution is 5.94. The van der Waals surface area contributed by atoms with Crippen LogP contribution in [0.3, 0.4) is 0 Å². The molecule has 34 heavy (non-hydrogen) atoms. The fraction of sp³-hybridized carbons (Fsp3) is 0.476. The number of carbonyl (C=O) groups is 1. The molecule has 13 heteroatoms. The number of aliphatic hydroxyl groups excluding tert-OH is 2. The van der Waals surface area contributed by atoms with Gasteiger partial charge in [-0.1, -0.05) is 0 Å². The van der Waals surface area contributed by atoms with Crippen molar-refractivity contribution in [1.82, 2.24) is 29.0 Å². The van der Waals surface area contributed by atoms with Gasteiger partial charge in [0, 0.05) is 26.4 Å². The van der Waals surface area contributed by atoms with E-state index in [0.29, 0.717) is 12.5 Å². The number of hydrogen-bond donors (Lipinski definition) is 3. The van der Waals surface area contributed by atoms with Crippen LogP contribution in [0.5, 0.6) is 5.88 Å². The largest absolute Gasteiger partial charge is 0.478 e. The Morgan fingerprint density at radius 3 is 2.65 bits per heavy atom. The number of nitrogens with one attached hydrogen (secondary N) is 1. The Morgan fingerprint density at radius 1 is 1.21 bits per heavy atom. The van der Waals surface area contributed by atoms with Gasteiger partial charge in [0.05, 0.1) is 37.7 Å². The molecule has 1 saturated heterocycles. The van der Waals surface area contributed by atoms with E-state index in [4.69, 9.17) is 9.47 Å². The highest BCUT2D eigenvalue weighted by atomic mass is 16.5. The molecule has 3 aromatic heterocycles. The van der Waals surface area contributed by atoms with E-state index in [9.17, 15) is 24.6 Å². The predicted molar refractivity (Wildman–Crippen MR) is 119 cm³/mol. The second-order valence-electron chi connectivity index (χ2n) is 8.03. The number of hydrogen-bond acceptors (Lipinski definition) is 9. The number of aromatic nitrogens is 5. The van der Waals surface area contributed by atoms with Crippen LogP contribution in [0.4, 0.5) is 0 Å². The topological polar surface area (TPSA) is 163 Å². The van der Waals surface area contributed by atoms with E-state index in [-0.39, 0.29) is 29.9 Å². The van der Waals surface area contributed by atoms with Crippen LogP contribution in [-0.2, 0) is 25.4 Å². The molecule has 13 nitrogen and oxygen atoms in total. The van der Waals surface area contributed by atoms with Gasteiger partial charge in [-0.05, 0) is 13.0 Å². The number of fused-ring (bicyclic) bond motifs is 1. The first-order chi connectivity index (χ1) is 16.2. The third-order valence-electron chi connectivity index (χ3n) is 5.83. The molecular weight excluding hydrogens is 448 g/mol. The van der Waals surface area contributed by atoms with Crippen LogP contribution in [-0.4, -0.2) is 77.4 Å². The molecule has 4 atom stereocenters. The summed E-state index contributed by atoms with van der Waals surface area (Å²) < 4.78 is 14.7. The van der Waals surface area contributed by atoms with Crippen molar-refractivity contribution in [3.8, 4) is 5.88 Å². The first-order valence-corrected chi connectivity index (χ1v) is 10.7. The van der Waals surface area contributed by atoms with Gasteiger partial charge < -0.3 is 29.6 Å². The lowest BCUT2D eigenvalue weighted by Gasteiger charge is -2.38. The summed E-state index contributed by atoms with van der Waals surface area (Å²) in [6.45, 7) is 2.23. The molecule has 3 aromatic rings. The van der Waals surface area contributed by atoms with Gasteiger partial charge in [0.1, 0.15) is 24.0 Å². The van der Waals surface area contributed by atoms with Crippen molar-refractivity contribution in [3.63, 3.8) is 0 Å². The summed E-state index contributed by atoms with van der Waals surface area (Å²) in [7, 11) is 2.88. The van der Waals surface area contributed by atoms with Crippen LogP contribution in [0.2, 0.25) is 0 Å². The Morgan fingerprint density at radius 2 is 1.97 bits per heavy atom. The lowest BCUT2D eigenvalue weighted by Crippen LogP contribution is -2.60. The molecule has 1 amide bonds. The minimum absolute atomic E-state index is 0.0264. The SMILES string of the molecule is CCOc1ccc(C(=O)N[C@@H]2CO[C@H](Cn3cnc4c(=O)n(C)c(=O)n(C)c43)[C@@H](O)[C@H]2O)cn1. The molecule has 0 bridgehead atoms. The lowest BCUT2D eigenvalue weighted by molar-refractivity contribution is -0.152. The molecule has 0 aliphatic carbocycles. The van der Waals surface area contributed by atoms with Gasteiger partial charge in [-0.3, -0.25) is 18.7 Å². The van der Waals surface area contributed by atoms with Crippen molar-refractivity contribution < 1.29 is 24.5 Å². The Kier molecular flexibility index (Phi) is 6.50. The Bertz CT molecular complexity index is 1310. The van der Waals surface area contributed by atoms with E-state index in [1.54, 1.807) is 12.1 Å². The van der Waals surface area contributed by atoms with Gasteiger partial charge in [0.2, 0.25) is 5.88 Å². The summed E-state index contributed by atoms with van der Waals surface area (Å²) in [4.78, 5) is 45.3. The minimum Gasteiger partial charge on any atom is -0.478 e. The van der Waals surface area contributed by atoms with Gasteiger partial charge >= 0.3 is 5.69 Å². The van der Waals surface area contributed by atoms with Crippen molar-refractivity contribution in [2.45, 2.75) is 37.8 Å². The molecule has 1 aliphatic rings. The molecule has 0 saturated carbocycles. The quantitative estimate of drug-likeness (QED) is 0.372. The average Bonchev–Trinajstić information content (AvgIpc) is 3.25. The molecular formula is C21H26N6O7. The van der Waals surface area contributed by atoms with Crippen LogP contribution in [0, 0.1) is 0 Å². The second-order valence-corrected chi connectivity index (χ2v) is 8.03. The van der Waals surface area contributed by atoms with Crippen LogP contribution in [0.1, 0.15) is 17.3 Å². The lowest BCUT2D eigenvalue weighted by atomic mass is 9.97. The monoisotopic (exact) mass is 474 g/mol. The normalized spacial score (nSPS) is 22.6. The first kappa shape index (κ1) is 23.6. The summed E-state index contributed by atoms with van der Waals surface area (Å²) in [6.07, 6.45) is -0.801. The van der Waals surface area contributed by atoms with Crippen LogP contribution in [0.15, 0.2) is 34.2 Å². The maximum Gasteiger partial charge on any atom is 0.332 e. The number of carbonyl (C=O) groups excluding carboxylic acids is 1. The van der Waals surface area contributed by atoms with Gasteiger partial charge in [-0.2, -0.15) is 0 Å². The van der Waals surface area contributed by atoms with E-state index < -0.39 is 41.5 Å². The number of imidazole rings is 1. The van der Waals surface area contributed by atoms with Crippen molar-refractivity contribution in [1.29, 1.82) is 0 Å². The second kappa shape index (κ2) is 9.37. The van der Waals surface area contributed by atoms with E-state index in [1.165, 1.54) is 35.8 Å². The fourth-order valence-electron chi connectivity index (χ4n) is 3.94. The van der Waals surface area contributed by atoms with Gasteiger partial charge in [-0.15, -0.1) is 0 Å². The maximum absolute atomic E-state index is 12.5. The number of rotatable bonds is 6. The summed E-state index contributed by atoms with van der Waals surface area (Å²) in [5, 5.41) is 23.9. The van der Waals surface area contributed by atoms with Crippen molar-refractivity contribution in [3.05, 3.63) is 51.1 Å². The Hall–Kier alpha value is -3.55. The van der Waals surface area contributed by atoms with Crippen molar-refractivity contribution in [2.24, 2.45) is 14.1 Å². The molecule has 182 valence electrons. The third kappa shape index (κ3) is 4.20. The fourth-order valence-corrected chi connectivity index (χ4v) is 3.94. The zero-order chi connectivity index (χ0) is 24.6. The number of ether oxygens (including phenoxy) is 2. The molecule has 4 rings (SSSR count). The van der Waals surface area contributed by atoms with E-state index in [2.05, 4.69) is 15.3 Å². The highest BCUT2D eigenvalue weighted by Crippen LogP contribution is 2.19. The minimum atomic E-state index is -1.35. The zero-order valence-corrected chi connectivity index (χ0v) is 18.9. The molecule has 0 spiro atoms. The number of aryl methyl sites for hydroxylation is 1. The Balaban J connectivity index is 1.46. The van der Waals surface area contributed by atoms with Crippen LogP contribution in [0.25, 0.3) is 11.2 Å². The standard InChI is InChI=1S/C21H26N6O7/c1-4-33-14-6-5-11(7-22-14)18(30)24-12-9-34-13(17(29)16(12)28)8-27-10-23-15-19(27)25(2)21(32)26(3)20(15)31/h5-7,10,12-13,16-17,28-29H,4,8-9H2,1-3H3,(H,24,30)/t12-,13-,16+,17-/m1/s1. The van der Waals surface area contributed by atoms with Crippen molar-refractivity contribution in [2.75, 3.05) is 13.2 Å². The summed E-state index contributed by atoms with van der Waals surface area (Å²) in [5.41, 5.74) is -0.412. The van der Waals surface area contributed by atoms with E-state index >= 15 is 0 Å². The molecule has 0 aromatic carbocycles. The van der Waals surface area contributed by atoms with Crippen LogP contribution < -0.4 is 21.3 Å². The summed E-state index contributed by atoms with van der Waals surface area (Å²) >= 11 is 0. The average molecular weight is 474 g/mol. The molecule has 1 aliphatic heterocycles. The first-order valence-electron chi connectivity index (χ1n) is 10.7. The zero-order valence-electron chi connectivity index (χ0n) is 18.9. The number of aliphatic hydroxyl groups is 2. The predicted octanol–water partition coefficient (Wildman–Crippen LogP) is -1.85. The molecule has 4 heterocycles. The van der Waals surface area contributed by atoms with Gasteiger partial charge in [-0.25, -0.2) is 14.8 Å². The summed E-state index contributed by atoms with van der Waals surface area (Å²) in [5.74, 6) is -0.0963. The maximum atomic E-state index is 12.5. The summed E-state index contributed by atoms with van der Waals surface area (Å²) in [6, 6.07) is 2.25. The number of pyridine rings is 1. The molecule has 0 radical (unpaired) electrons. The van der Waals surface area contributed by atoms with Gasteiger partial charge in [0.15, 0.2) is 5.52 Å². The van der Waals surface area contributed by atoms with Crippen molar-refractivity contribution >= 4 is 17.1 Å².